The second-order valence-electron chi connectivity index (χ2n) is 4.88. The summed E-state index contributed by atoms with van der Waals surface area (Å²) in [6.07, 6.45) is 2.09. The number of amides is 1. The number of carbonyl (C=O) groups excluding carboxylic acids is 1. The monoisotopic (exact) mass is 322 g/mol. The second-order valence-corrected chi connectivity index (χ2v) is 5.80. The van der Waals surface area contributed by atoms with Gasteiger partial charge >= 0.3 is 0 Å². The number of aromatic nitrogens is 1. The van der Waals surface area contributed by atoms with Gasteiger partial charge < -0.3 is 14.2 Å². The summed E-state index contributed by atoms with van der Waals surface area (Å²) in [7, 11) is 3.64. The highest BCUT2D eigenvalue weighted by Gasteiger charge is 2.32. The summed E-state index contributed by atoms with van der Waals surface area (Å²) in [4.78, 5) is 14.3. The second kappa shape index (κ2) is 4.65. The molecule has 0 N–H and O–H groups in total. The standard InChI is InChI=1S/C14H15BrN2O2/c1-16-8-12(11-4-3-9(15)5-13(11)16)14(18)17-6-10(7-17)19-2/h3-5,8,10H,6-7H2,1-2H3. The fourth-order valence-electron chi connectivity index (χ4n) is 2.45. The van der Waals surface area contributed by atoms with Gasteiger partial charge in [0.15, 0.2) is 0 Å². The van der Waals surface area contributed by atoms with E-state index in [-0.39, 0.29) is 12.0 Å². The maximum absolute atomic E-state index is 12.4. The summed E-state index contributed by atoms with van der Waals surface area (Å²) in [6, 6.07) is 5.98. The molecule has 1 amide bonds. The molecule has 0 saturated carbocycles. The highest BCUT2D eigenvalue weighted by Crippen LogP contribution is 2.26. The molecular formula is C14H15BrN2O2. The van der Waals surface area contributed by atoms with Gasteiger partial charge in [0.05, 0.1) is 11.7 Å². The lowest BCUT2D eigenvalue weighted by molar-refractivity contribution is -0.0191. The van der Waals surface area contributed by atoms with Crippen molar-refractivity contribution in [3.05, 3.63) is 34.4 Å². The molecule has 0 bridgehead atoms. The Labute approximate surface area is 120 Å². The van der Waals surface area contributed by atoms with E-state index in [4.69, 9.17) is 4.74 Å². The van der Waals surface area contributed by atoms with E-state index >= 15 is 0 Å². The smallest absolute Gasteiger partial charge is 0.256 e. The zero-order chi connectivity index (χ0) is 13.6. The Bertz CT molecular complexity index is 644. The van der Waals surface area contributed by atoms with E-state index in [1.54, 1.807) is 7.11 Å². The van der Waals surface area contributed by atoms with Crippen LogP contribution in [-0.4, -0.2) is 41.7 Å². The number of fused-ring (bicyclic) bond motifs is 1. The van der Waals surface area contributed by atoms with Crippen molar-refractivity contribution >= 4 is 32.7 Å². The minimum absolute atomic E-state index is 0.0845. The van der Waals surface area contributed by atoms with Gasteiger partial charge in [-0.1, -0.05) is 22.0 Å². The van der Waals surface area contributed by atoms with Crippen molar-refractivity contribution in [2.24, 2.45) is 7.05 Å². The number of halogens is 1. The molecule has 1 fully saturated rings. The van der Waals surface area contributed by atoms with Gasteiger partial charge in [0.2, 0.25) is 0 Å². The third-order valence-electron chi connectivity index (χ3n) is 3.65. The molecule has 1 aromatic heterocycles. The maximum Gasteiger partial charge on any atom is 0.256 e. The Morgan fingerprint density at radius 3 is 2.84 bits per heavy atom. The van der Waals surface area contributed by atoms with E-state index in [1.807, 2.05) is 40.9 Å². The van der Waals surface area contributed by atoms with Crippen LogP contribution in [0.25, 0.3) is 10.9 Å². The molecule has 3 rings (SSSR count). The fourth-order valence-corrected chi connectivity index (χ4v) is 2.80. The van der Waals surface area contributed by atoms with Gasteiger partial charge in [-0.05, 0) is 12.1 Å². The van der Waals surface area contributed by atoms with E-state index < -0.39 is 0 Å². The van der Waals surface area contributed by atoms with Gasteiger partial charge in [0.25, 0.3) is 5.91 Å². The molecular weight excluding hydrogens is 308 g/mol. The first-order chi connectivity index (χ1) is 9.10. The molecule has 0 aliphatic carbocycles. The van der Waals surface area contributed by atoms with Crippen molar-refractivity contribution in [3.63, 3.8) is 0 Å². The van der Waals surface area contributed by atoms with Gasteiger partial charge in [0.1, 0.15) is 0 Å². The molecule has 2 aromatic rings. The average Bonchev–Trinajstić information content (AvgIpc) is 2.65. The number of benzene rings is 1. The highest BCUT2D eigenvalue weighted by molar-refractivity contribution is 9.10. The largest absolute Gasteiger partial charge is 0.378 e. The Kier molecular flexibility index (Phi) is 3.11. The number of likely N-dealkylation sites (tertiary alicyclic amines) is 1. The topological polar surface area (TPSA) is 34.5 Å². The van der Waals surface area contributed by atoms with Crippen LogP contribution >= 0.6 is 15.9 Å². The molecule has 0 unspecified atom stereocenters. The van der Waals surface area contributed by atoms with E-state index in [0.29, 0.717) is 13.1 Å². The van der Waals surface area contributed by atoms with Gasteiger partial charge in [-0.25, -0.2) is 0 Å². The van der Waals surface area contributed by atoms with E-state index in [0.717, 1.165) is 20.9 Å². The normalized spacial score (nSPS) is 15.8. The Balaban J connectivity index is 1.95. The van der Waals surface area contributed by atoms with E-state index in [9.17, 15) is 4.79 Å². The number of carbonyl (C=O) groups is 1. The quantitative estimate of drug-likeness (QED) is 0.851. The SMILES string of the molecule is COC1CN(C(=O)c2cn(C)c3cc(Br)ccc23)C1. The first kappa shape index (κ1) is 12.7. The van der Waals surface area contributed by atoms with Gasteiger partial charge in [-0.3, -0.25) is 4.79 Å². The average molecular weight is 323 g/mol. The van der Waals surface area contributed by atoms with E-state index in [1.165, 1.54) is 0 Å². The van der Waals surface area contributed by atoms with Gasteiger partial charge in [-0.15, -0.1) is 0 Å². The zero-order valence-corrected chi connectivity index (χ0v) is 12.5. The number of methoxy groups -OCH3 is 1. The van der Waals surface area contributed by atoms with Crippen LogP contribution in [-0.2, 0) is 11.8 Å². The lowest BCUT2D eigenvalue weighted by Gasteiger charge is -2.38. The van der Waals surface area contributed by atoms with Crippen LogP contribution in [0.1, 0.15) is 10.4 Å². The summed E-state index contributed by atoms with van der Waals surface area (Å²) in [5, 5.41) is 0.997. The molecule has 0 radical (unpaired) electrons. The molecule has 4 nitrogen and oxygen atoms in total. The molecule has 19 heavy (non-hydrogen) atoms. The van der Waals surface area contributed by atoms with Crippen molar-refractivity contribution in [1.29, 1.82) is 0 Å². The lowest BCUT2D eigenvalue weighted by Crippen LogP contribution is -2.54. The third kappa shape index (κ3) is 2.07. The van der Waals surface area contributed by atoms with E-state index in [2.05, 4.69) is 15.9 Å². The Morgan fingerprint density at radius 2 is 2.16 bits per heavy atom. The van der Waals surface area contributed by atoms with Crippen LogP contribution in [0.15, 0.2) is 28.9 Å². The summed E-state index contributed by atoms with van der Waals surface area (Å²) >= 11 is 3.46. The molecule has 1 saturated heterocycles. The van der Waals surface area contributed by atoms with Crippen molar-refractivity contribution in [3.8, 4) is 0 Å². The van der Waals surface area contributed by atoms with Crippen LogP contribution in [0.4, 0.5) is 0 Å². The summed E-state index contributed by atoms with van der Waals surface area (Å²) < 4.78 is 8.21. The molecule has 1 aliphatic rings. The summed E-state index contributed by atoms with van der Waals surface area (Å²) in [5.41, 5.74) is 1.82. The van der Waals surface area contributed by atoms with Crippen molar-refractivity contribution < 1.29 is 9.53 Å². The minimum Gasteiger partial charge on any atom is -0.378 e. The molecule has 0 spiro atoms. The van der Waals surface area contributed by atoms with Crippen LogP contribution in [0.3, 0.4) is 0 Å². The number of hydrogen-bond donors (Lipinski definition) is 0. The number of ether oxygens (including phenoxy) is 1. The Hall–Kier alpha value is -1.33. The first-order valence-electron chi connectivity index (χ1n) is 6.17. The third-order valence-corrected chi connectivity index (χ3v) is 4.14. The lowest BCUT2D eigenvalue weighted by atomic mass is 10.1. The molecule has 100 valence electrons. The predicted octanol–water partition coefficient (Wildman–Crippen LogP) is 2.41. The number of aryl methyl sites for hydroxylation is 1. The van der Waals surface area contributed by atoms with Crippen LogP contribution in [0.5, 0.6) is 0 Å². The van der Waals surface area contributed by atoms with Gasteiger partial charge in [0, 0.05) is 48.8 Å². The highest BCUT2D eigenvalue weighted by atomic mass is 79.9. The van der Waals surface area contributed by atoms with Gasteiger partial charge in [-0.2, -0.15) is 0 Å². The minimum atomic E-state index is 0.0845. The number of hydrogen-bond acceptors (Lipinski definition) is 2. The molecule has 1 aliphatic heterocycles. The number of rotatable bonds is 2. The van der Waals surface area contributed by atoms with Crippen LogP contribution in [0, 0.1) is 0 Å². The van der Waals surface area contributed by atoms with Crippen molar-refractivity contribution in [2.45, 2.75) is 6.10 Å². The van der Waals surface area contributed by atoms with Crippen molar-refractivity contribution in [2.75, 3.05) is 20.2 Å². The molecule has 0 atom stereocenters. The molecule has 5 heteroatoms. The maximum atomic E-state index is 12.4. The molecule has 1 aromatic carbocycles. The van der Waals surface area contributed by atoms with Crippen molar-refractivity contribution in [1.82, 2.24) is 9.47 Å². The summed E-state index contributed by atoms with van der Waals surface area (Å²) in [5.74, 6) is 0.0845. The van der Waals surface area contributed by atoms with Crippen LogP contribution in [0.2, 0.25) is 0 Å². The predicted molar refractivity (Wildman–Crippen MR) is 77.3 cm³/mol. The fraction of sp³-hybridized carbons (Fsp3) is 0.357. The van der Waals surface area contributed by atoms with Crippen LogP contribution < -0.4 is 0 Å². The zero-order valence-electron chi connectivity index (χ0n) is 10.9. The number of nitrogens with zero attached hydrogens (tertiary/aromatic N) is 2. The summed E-state index contributed by atoms with van der Waals surface area (Å²) in [6.45, 7) is 1.37. The molecule has 2 heterocycles. The Morgan fingerprint density at radius 1 is 1.42 bits per heavy atom. The first-order valence-corrected chi connectivity index (χ1v) is 6.96.